The summed E-state index contributed by atoms with van der Waals surface area (Å²) in [5.74, 6) is -1.79. The maximum absolute atomic E-state index is 15.2. The number of rotatable bonds is 8. The molecule has 1 aromatic heterocycles. The van der Waals surface area contributed by atoms with Crippen molar-refractivity contribution in [1.82, 2.24) is 14.4 Å². The zero-order chi connectivity index (χ0) is 26.1. The van der Waals surface area contributed by atoms with Crippen molar-refractivity contribution in [2.75, 3.05) is 51.2 Å². The Hall–Kier alpha value is -3.72. The van der Waals surface area contributed by atoms with E-state index in [1.165, 1.54) is 17.8 Å². The fraction of sp³-hybridized carbons (Fsp3) is 0.393. The number of aromatic carboxylic acids is 1. The number of benzene rings is 2. The molecule has 0 radical (unpaired) electrons. The Morgan fingerprint density at radius 1 is 1.08 bits per heavy atom. The second-order valence-electron chi connectivity index (χ2n) is 9.95. The van der Waals surface area contributed by atoms with E-state index in [4.69, 9.17) is 0 Å². The van der Waals surface area contributed by atoms with Crippen LogP contribution in [0.2, 0.25) is 0 Å². The molecule has 8 nitrogen and oxygen atoms in total. The van der Waals surface area contributed by atoms with Gasteiger partial charge in [-0.15, -0.1) is 0 Å². The minimum absolute atomic E-state index is 0.0592. The molecular formula is C28H31FN4O4. The zero-order valence-electron chi connectivity index (χ0n) is 20.9. The number of carboxylic acid groups (broad SMARTS) is 1. The van der Waals surface area contributed by atoms with Gasteiger partial charge in [-0.25, -0.2) is 9.18 Å². The fourth-order valence-corrected chi connectivity index (χ4v) is 4.93. The first-order chi connectivity index (χ1) is 17.8. The highest BCUT2D eigenvalue weighted by Crippen LogP contribution is 2.38. The van der Waals surface area contributed by atoms with E-state index in [0.29, 0.717) is 50.5 Å². The van der Waals surface area contributed by atoms with Gasteiger partial charge in [0.25, 0.3) is 0 Å². The van der Waals surface area contributed by atoms with Crippen molar-refractivity contribution in [2.45, 2.75) is 25.3 Å². The second-order valence-corrected chi connectivity index (χ2v) is 9.95. The molecule has 1 amide bonds. The topological polar surface area (TPSA) is 86.1 Å². The third-order valence-corrected chi connectivity index (χ3v) is 7.35. The predicted octanol–water partition coefficient (Wildman–Crippen LogP) is 3.00. The highest BCUT2D eigenvalue weighted by atomic mass is 19.1. The molecule has 2 aliphatic rings. The predicted molar refractivity (Wildman–Crippen MR) is 140 cm³/mol. The molecule has 0 spiro atoms. The van der Waals surface area contributed by atoms with Gasteiger partial charge in [0.2, 0.25) is 11.3 Å². The highest BCUT2D eigenvalue weighted by molar-refractivity contribution is 5.93. The Bertz CT molecular complexity index is 1380. The Balaban J connectivity index is 1.25. The summed E-state index contributed by atoms with van der Waals surface area (Å²) in [7, 11) is 1.82. The molecule has 0 atom stereocenters. The number of nitrogens with zero attached hydrogens (tertiary/aromatic N) is 4. The number of pyridine rings is 1. The number of fused-ring (bicyclic) bond motifs is 1. The van der Waals surface area contributed by atoms with E-state index in [0.717, 1.165) is 19.3 Å². The van der Waals surface area contributed by atoms with E-state index in [1.807, 2.05) is 34.7 Å². The molecule has 0 unspecified atom stereocenters. The molecule has 3 aromatic rings. The average Bonchev–Trinajstić information content (AvgIpc) is 3.74. The van der Waals surface area contributed by atoms with Crippen LogP contribution in [0.1, 0.15) is 34.8 Å². The lowest BCUT2D eigenvalue weighted by atomic mass is 10.1. The molecule has 9 heteroatoms. The fourth-order valence-electron chi connectivity index (χ4n) is 4.93. The number of carbonyl (C=O) groups excluding carboxylic acids is 1. The molecule has 2 heterocycles. The van der Waals surface area contributed by atoms with E-state index in [9.17, 15) is 19.5 Å². The van der Waals surface area contributed by atoms with Crippen LogP contribution in [0.4, 0.5) is 10.1 Å². The summed E-state index contributed by atoms with van der Waals surface area (Å²) in [6.07, 6.45) is 3.99. The smallest absolute Gasteiger partial charge is 0.341 e. The van der Waals surface area contributed by atoms with E-state index < -0.39 is 17.2 Å². The van der Waals surface area contributed by atoms with Gasteiger partial charge in [-0.2, -0.15) is 0 Å². The Morgan fingerprint density at radius 2 is 1.78 bits per heavy atom. The summed E-state index contributed by atoms with van der Waals surface area (Å²) in [6.45, 7) is 3.29. The zero-order valence-corrected chi connectivity index (χ0v) is 20.9. The first-order valence-electron chi connectivity index (χ1n) is 12.7. The van der Waals surface area contributed by atoms with Crippen LogP contribution in [0.5, 0.6) is 0 Å². The van der Waals surface area contributed by atoms with Crippen LogP contribution in [-0.4, -0.2) is 77.7 Å². The quantitative estimate of drug-likeness (QED) is 0.506. The van der Waals surface area contributed by atoms with Crippen LogP contribution in [0.15, 0.2) is 53.5 Å². The molecule has 37 heavy (non-hydrogen) atoms. The lowest BCUT2D eigenvalue weighted by Crippen LogP contribution is -2.50. The van der Waals surface area contributed by atoms with E-state index in [2.05, 4.69) is 17.0 Å². The number of hydrogen-bond acceptors (Lipinski definition) is 5. The van der Waals surface area contributed by atoms with Gasteiger partial charge in [-0.3, -0.25) is 14.5 Å². The Kier molecular flexibility index (Phi) is 6.97. The Morgan fingerprint density at radius 3 is 2.43 bits per heavy atom. The third-order valence-electron chi connectivity index (χ3n) is 7.35. The van der Waals surface area contributed by atoms with Crippen molar-refractivity contribution in [3.8, 4) is 0 Å². The van der Waals surface area contributed by atoms with Crippen molar-refractivity contribution in [1.29, 1.82) is 0 Å². The first kappa shape index (κ1) is 25.0. The number of amides is 1. The standard InChI is InChI=1S/C28H31FN4O4/c1-30(10-9-19-5-3-2-4-6-19)26(34)18-31-11-13-32(14-12-31)25-16-24-21(15-23(25)29)27(35)22(28(36)37)17-33(24)20-7-8-20/h2-6,15-17,20H,7-14,18H2,1H3,(H,36,37). The van der Waals surface area contributed by atoms with Crippen LogP contribution in [-0.2, 0) is 11.2 Å². The maximum Gasteiger partial charge on any atom is 0.341 e. The molecule has 5 rings (SSSR count). The molecule has 1 saturated heterocycles. The van der Waals surface area contributed by atoms with Crippen LogP contribution >= 0.6 is 0 Å². The number of carboxylic acids is 1. The summed E-state index contributed by atoms with van der Waals surface area (Å²) in [6, 6.07) is 13.0. The molecule has 0 bridgehead atoms. The van der Waals surface area contributed by atoms with Crippen LogP contribution in [0.3, 0.4) is 0 Å². The van der Waals surface area contributed by atoms with Crippen LogP contribution < -0.4 is 10.3 Å². The van der Waals surface area contributed by atoms with Gasteiger partial charge in [-0.1, -0.05) is 30.3 Å². The molecule has 1 aliphatic carbocycles. The van der Waals surface area contributed by atoms with Crippen LogP contribution in [0, 0.1) is 5.82 Å². The number of anilines is 1. The van der Waals surface area contributed by atoms with Gasteiger partial charge < -0.3 is 19.5 Å². The lowest BCUT2D eigenvalue weighted by molar-refractivity contribution is -0.131. The SMILES string of the molecule is CN(CCc1ccccc1)C(=O)CN1CCN(c2cc3c(cc2F)c(=O)c(C(=O)O)cn3C2CC2)CC1. The molecule has 2 fully saturated rings. The summed E-state index contributed by atoms with van der Waals surface area (Å²) in [5, 5.41) is 9.53. The summed E-state index contributed by atoms with van der Waals surface area (Å²) in [4.78, 5) is 42.8. The maximum atomic E-state index is 15.2. The van der Waals surface area contributed by atoms with Crippen molar-refractivity contribution < 1.29 is 19.1 Å². The second kappa shape index (κ2) is 10.3. The average molecular weight is 507 g/mol. The van der Waals surface area contributed by atoms with E-state index in [1.54, 1.807) is 11.0 Å². The minimum Gasteiger partial charge on any atom is -0.477 e. The number of hydrogen-bond donors (Lipinski definition) is 1. The molecule has 194 valence electrons. The van der Waals surface area contributed by atoms with E-state index in [-0.39, 0.29) is 22.9 Å². The highest BCUT2D eigenvalue weighted by Gasteiger charge is 2.29. The monoisotopic (exact) mass is 506 g/mol. The number of carbonyl (C=O) groups is 2. The molecule has 1 aliphatic heterocycles. The van der Waals surface area contributed by atoms with Gasteiger partial charge in [0.15, 0.2) is 0 Å². The van der Waals surface area contributed by atoms with Crippen molar-refractivity contribution >= 4 is 28.5 Å². The molecule has 1 saturated carbocycles. The minimum atomic E-state index is -1.30. The van der Waals surface area contributed by atoms with Crippen molar-refractivity contribution in [3.05, 3.63) is 75.8 Å². The van der Waals surface area contributed by atoms with Crippen molar-refractivity contribution in [3.63, 3.8) is 0 Å². The molecule has 1 N–H and O–H groups in total. The summed E-state index contributed by atoms with van der Waals surface area (Å²) < 4.78 is 17.0. The van der Waals surface area contributed by atoms with E-state index >= 15 is 4.39 Å². The number of aromatic nitrogens is 1. The Labute approximate surface area is 214 Å². The third kappa shape index (κ3) is 5.36. The first-order valence-corrected chi connectivity index (χ1v) is 12.7. The van der Waals surface area contributed by atoms with Gasteiger partial charge in [0.05, 0.1) is 17.7 Å². The number of likely N-dealkylation sites (N-methyl/N-ethyl adjacent to an activating group) is 1. The summed E-state index contributed by atoms with van der Waals surface area (Å²) in [5.41, 5.74) is 1.16. The van der Waals surface area contributed by atoms with Crippen molar-refractivity contribution in [2.24, 2.45) is 0 Å². The van der Waals surface area contributed by atoms with Gasteiger partial charge in [0.1, 0.15) is 11.4 Å². The van der Waals surface area contributed by atoms with Gasteiger partial charge in [0, 0.05) is 57.4 Å². The van der Waals surface area contributed by atoms with Gasteiger partial charge in [-0.05, 0) is 37.0 Å². The largest absolute Gasteiger partial charge is 0.477 e. The number of halogens is 1. The lowest BCUT2D eigenvalue weighted by Gasteiger charge is -2.36. The molecular weight excluding hydrogens is 475 g/mol. The normalized spacial score (nSPS) is 16.2. The van der Waals surface area contributed by atoms with Crippen LogP contribution in [0.25, 0.3) is 10.9 Å². The summed E-state index contributed by atoms with van der Waals surface area (Å²) >= 11 is 0. The van der Waals surface area contributed by atoms with Gasteiger partial charge >= 0.3 is 5.97 Å². The number of piperazine rings is 1. The molecule has 2 aromatic carbocycles.